The van der Waals surface area contributed by atoms with Crippen molar-refractivity contribution in [2.24, 2.45) is 0 Å². The van der Waals surface area contributed by atoms with Crippen LogP contribution in [0.2, 0.25) is 0 Å². The summed E-state index contributed by atoms with van der Waals surface area (Å²) in [5.74, 6) is 0. The fourth-order valence-electron chi connectivity index (χ4n) is 2.23. The number of aromatic amines is 1. The maximum Gasteiger partial charge on any atom is 0.214 e. The minimum absolute atomic E-state index is 0.205. The number of rotatable bonds is 4. The van der Waals surface area contributed by atoms with Gasteiger partial charge in [0.05, 0.1) is 11.4 Å². The van der Waals surface area contributed by atoms with Gasteiger partial charge in [-0.3, -0.25) is 5.10 Å². The minimum Gasteiger partial charge on any atom is -0.283 e. The number of sulfonamides is 1. The van der Waals surface area contributed by atoms with E-state index < -0.39 is 10.0 Å². The Morgan fingerprint density at radius 2 is 2.12 bits per heavy atom. The van der Waals surface area contributed by atoms with E-state index in [1.165, 1.54) is 0 Å². The second-order valence-electron chi connectivity index (χ2n) is 4.65. The first kappa shape index (κ1) is 12.6. The Labute approximate surface area is 102 Å². The molecule has 2 rings (SSSR count). The SMILES string of the molecule is Cc1[nH]ncc1CNS(=O)(=O)C1CCCCC1. The third-order valence-electron chi connectivity index (χ3n) is 3.39. The van der Waals surface area contributed by atoms with Crippen molar-refractivity contribution in [2.75, 3.05) is 0 Å². The van der Waals surface area contributed by atoms with Crippen LogP contribution in [-0.2, 0) is 16.6 Å². The zero-order valence-electron chi connectivity index (χ0n) is 10.1. The van der Waals surface area contributed by atoms with E-state index in [9.17, 15) is 8.42 Å². The summed E-state index contributed by atoms with van der Waals surface area (Å²) in [5.41, 5.74) is 1.82. The van der Waals surface area contributed by atoms with E-state index in [4.69, 9.17) is 0 Å². The summed E-state index contributed by atoms with van der Waals surface area (Å²) in [6.07, 6.45) is 6.46. The van der Waals surface area contributed by atoms with Crippen LogP contribution in [-0.4, -0.2) is 23.9 Å². The average Bonchev–Trinajstić information content (AvgIpc) is 2.74. The summed E-state index contributed by atoms with van der Waals surface area (Å²) < 4.78 is 26.8. The smallest absolute Gasteiger partial charge is 0.214 e. The van der Waals surface area contributed by atoms with Gasteiger partial charge in [0.15, 0.2) is 0 Å². The molecule has 2 N–H and O–H groups in total. The van der Waals surface area contributed by atoms with Crippen LogP contribution < -0.4 is 4.72 Å². The van der Waals surface area contributed by atoms with Gasteiger partial charge in [0.2, 0.25) is 10.0 Å². The van der Waals surface area contributed by atoms with Crippen LogP contribution in [0.15, 0.2) is 6.20 Å². The largest absolute Gasteiger partial charge is 0.283 e. The molecule has 17 heavy (non-hydrogen) atoms. The second-order valence-corrected chi connectivity index (χ2v) is 6.69. The van der Waals surface area contributed by atoms with Crippen LogP contribution in [0.4, 0.5) is 0 Å². The molecule has 0 unspecified atom stereocenters. The molecule has 0 bridgehead atoms. The fourth-order valence-corrected chi connectivity index (χ4v) is 3.77. The van der Waals surface area contributed by atoms with Crippen molar-refractivity contribution in [3.8, 4) is 0 Å². The lowest BCUT2D eigenvalue weighted by Crippen LogP contribution is -2.35. The lowest BCUT2D eigenvalue weighted by atomic mass is 10.0. The molecule has 1 saturated carbocycles. The Morgan fingerprint density at radius 3 is 2.71 bits per heavy atom. The summed E-state index contributed by atoms with van der Waals surface area (Å²) in [5, 5.41) is 6.47. The summed E-state index contributed by atoms with van der Waals surface area (Å²) in [4.78, 5) is 0. The Kier molecular flexibility index (Phi) is 3.83. The first-order valence-electron chi connectivity index (χ1n) is 6.07. The van der Waals surface area contributed by atoms with Gasteiger partial charge in [0, 0.05) is 17.8 Å². The maximum absolute atomic E-state index is 12.1. The Bertz CT molecular complexity index is 461. The summed E-state index contributed by atoms with van der Waals surface area (Å²) in [6, 6.07) is 0. The van der Waals surface area contributed by atoms with Gasteiger partial charge in [0.25, 0.3) is 0 Å². The van der Waals surface area contributed by atoms with E-state index in [0.717, 1.165) is 43.4 Å². The minimum atomic E-state index is -3.17. The topological polar surface area (TPSA) is 74.8 Å². The predicted molar refractivity (Wildman–Crippen MR) is 66.0 cm³/mol. The molecule has 0 aliphatic heterocycles. The molecule has 6 heteroatoms. The number of hydrogen-bond acceptors (Lipinski definition) is 3. The second kappa shape index (κ2) is 5.18. The monoisotopic (exact) mass is 257 g/mol. The Morgan fingerprint density at radius 1 is 1.41 bits per heavy atom. The van der Waals surface area contributed by atoms with Crippen molar-refractivity contribution >= 4 is 10.0 Å². The zero-order valence-corrected chi connectivity index (χ0v) is 10.9. The van der Waals surface area contributed by atoms with Gasteiger partial charge >= 0.3 is 0 Å². The third kappa shape index (κ3) is 3.07. The van der Waals surface area contributed by atoms with Gasteiger partial charge in [0.1, 0.15) is 0 Å². The highest BCUT2D eigenvalue weighted by molar-refractivity contribution is 7.90. The number of aromatic nitrogens is 2. The van der Waals surface area contributed by atoms with Crippen LogP contribution in [0.5, 0.6) is 0 Å². The van der Waals surface area contributed by atoms with Crippen molar-refractivity contribution in [2.45, 2.75) is 50.8 Å². The van der Waals surface area contributed by atoms with Gasteiger partial charge in [-0.05, 0) is 19.8 Å². The molecule has 0 aromatic carbocycles. The van der Waals surface area contributed by atoms with Gasteiger partial charge < -0.3 is 0 Å². The zero-order chi connectivity index (χ0) is 12.3. The molecule has 0 radical (unpaired) electrons. The van der Waals surface area contributed by atoms with Crippen molar-refractivity contribution in [3.63, 3.8) is 0 Å². The van der Waals surface area contributed by atoms with Crippen LogP contribution in [0.1, 0.15) is 43.4 Å². The van der Waals surface area contributed by atoms with E-state index in [1.54, 1.807) is 6.20 Å². The first-order chi connectivity index (χ1) is 8.09. The lowest BCUT2D eigenvalue weighted by Gasteiger charge is -2.21. The highest BCUT2D eigenvalue weighted by atomic mass is 32.2. The van der Waals surface area contributed by atoms with Gasteiger partial charge in [-0.2, -0.15) is 5.10 Å². The van der Waals surface area contributed by atoms with Crippen LogP contribution in [0, 0.1) is 6.92 Å². The van der Waals surface area contributed by atoms with E-state index in [0.29, 0.717) is 6.54 Å². The molecule has 0 spiro atoms. The van der Waals surface area contributed by atoms with Gasteiger partial charge in [-0.15, -0.1) is 0 Å². The maximum atomic E-state index is 12.1. The van der Waals surface area contributed by atoms with Crippen molar-refractivity contribution in [1.82, 2.24) is 14.9 Å². The molecule has 0 amide bonds. The lowest BCUT2D eigenvalue weighted by molar-refractivity contribution is 0.477. The molecule has 0 saturated heterocycles. The standard InChI is InChI=1S/C11H19N3O2S/c1-9-10(7-12-14-9)8-13-17(15,16)11-5-3-2-4-6-11/h7,11,13H,2-6,8H2,1H3,(H,12,14). The van der Waals surface area contributed by atoms with E-state index in [1.807, 2.05) is 6.92 Å². The molecule has 5 nitrogen and oxygen atoms in total. The van der Waals surface area contributed by atoms with Crippen LogP contribution in [0.3, 0.4) is 0 Å². The predicted octanol–water partition coefficient (Wildman–Crippen LogP) is 1.47. The number of H-pyrrole nitrogens is 1. The number of nitrogens with zero attached hydrogens (tertiary/aromatic N) is 1. The molecule has 1 aromatic heterocycles. The quantitative estimate of drug-likeness (QED) is 0.857. The molecule has 1 aromatic rings. The van der Waals surface area contributed by atoms with Crippen molar-refractivity contribution in [3.05, 3.63) is 17.5 Å². The number of nitrogens with one attached hydrogen (secondary N) is 2. The third-order valence-corrected chi connectivity index (χ3v) is 5.28. The van der Waals surface area contributed by atoms with E-state index >= 15 is 0 Å². The van der Waals surface area contributed by atoms with Gasteiger partial charge in [-0.1, -0.05) is 19.3 Å². The number of aryl methyl sites for hydroxylation is 1. The first-order valence-corrected chi connectivity index (χ1v) is 7.61. The highest BCUT2D eigenvalue weighted by Gasteiger charge is 2.26. The molecule has 0 atom stereocenters. The molecule has 1 fully saturated rings. The summed E-state index contributed by atoms with van der Waals surface area (Å²) >= 11 is 0. The Balaban J connectivity index is 1.95. The molecule has 1 aliphatic rings. The summed E-state index contributed by atoms with van der Waals surface area (Å²) in [6.45, 7) is 2.22. The average molecular weight is 257 g/mol. The molecule has 96 valence electrons. The van der Waals surface area contributed by atoms with E-state index in [2.05, 4.69) is 14.9 Å². The molecule has 1 heterocycles. The molecular formula is C11H19N3O2S. The fraction of sp³-hybridized carbons (Fsp3) is 0.727. The molecular weight excluding hydrogens is 238 g/mol. The Hall–Kier alpha value is -0.880. The van der Waals surface area contributed by atoms with Crippen molar-refractivity contribution < 1.29 is 8.42 Å². The number of hydrogen-bond donors (Lipinski definition) is 2. The highest BCUT2D eigenvalue weighted by Crippen LogP contribution is 2.23. The normalized spacial score (nSPS) is 18.4. The molecule has 1 aliphatic carbocycles. The van der Waals surface area contributed by atoms with E-state index in [-0.39, 0.29) is 5.25 Å². The van der Waals surface area contributed by atoms with Gasteiger partial charge in [-0.25, -0.2) is 13.1 Å². The van der Waals surface area contributed by atoms with Crippen LogP contribution >= 0.6 is 0 Å². The van der Waals surface area contributed by atoms with Crippen LogP contribution in [0.25, 0.3) is 0 Å². The van der Waals surface area contributed by atoms with Crippen molar-refractivity contribution in [1.29, 1.82) is 0 Å². The summed E-state index contributed by atoms with van der Waals surface area (Å²) in [7, 11) is -3.17.